The molecule has 1 aromatic rings. The Morgan fingerprint density at radius 2 is 1.95 bits per heavy atom. The molecule has 0 spiro atoms. The lowest BCUT2D eigenvalue weighted by Gasteiger charge is -2.34. The fraction of sp³-hybridized carbons (Fsp3) is 0.538. The number of amides is 1. The van der Waals surface area contributed by atoms with Gasteiger partial charge in [0, 0.05) is 45.1 Å². The summed E-state index contributed by atoms with van der Waals surface area (Å²) in [5, 5.41) is 8.64. The molecule has 0 aliphatic carbocycles. The molecular formula is C13H18N4O4. The summed E-state index contributed by atoms with van der Waals surface area (Å²) in [6.45, 7) is 2.89. The molecule has 21 heavy (non-hydrogen) atoms. The first kappa shape index (κ1) is 15.2. The van der Waals surface area contributed by atoms with Crippen molar-refractivity contribution >= 4 is 11.9 Å². The second-order valence-corrected chi connectivity index (χ2v) is 4.90. The molecule has 1 N–H and O–H groups in total. The molecule has 0 aromatic carbocycles. The van der Waals surface area contributed by atoms with E-state index in [1.165, 1.54) is 17.0 Å². The highest BCUT2D eigenvalue weighted by Crippen LogP contribution is 2.03. The number of rotatable bonds is 5. The second kappa shape index (κ2) is 6.98. The summed E-state index contributed by atoms with van der Waals surface area (Å²) >= 11 is 0. The van der Waals surface area contributed by atoms with Crippen molar-refractivity contribution in [3.05, 3.63) is 28.9 Å². The molecule has 0 unspecified atom stereocenters. The number of carboxylic acids is 1. The number of aliphatic carboxylic acids is 1. The Bertz CT molecular complexity index is 563. The summed E-state index contributed by atoms with van der Waals surface area (Å²) in [7, 11) is 0. The molecule has 0 radical (unpaired) electrons. The van der Waals surface area contributed by atoms with Crippen LogP contribution in [0.4, 0.5) is 0 Å². The molecule has 1 fully saturated rings. The number of hydrogen-bond donors (Lipinski definition) is 1. The number of carboxylic acid groups (broad SMARTS) is 1. The van der Waals surface area contributed by atoms with Crippen LogP contribution in [0.1, 0.15) is 6.42 Å². The Kier molecular flexibility index (Phi) is 5.04. The average molecular weight is 294 g/mol. The Labute approximate surface area is 121 Å². The maximum absolute atomic E-state index is 12.1. The maximum atomic E-state index is 12.1. The van der Waals surface area contributed by atoms with E-state index in [0.29, 0.717) is 32.7 Å². The lowest BCUT2D eigenvalue weighted by Crippen LogP contribution is -2.50. The van der Waals surface area contributed by atoms with E-state index in [-0.39, 0.29) is 18.9 Å². The maximum Gasteiger partial charge on any atom is 0.347 e. The van der Waals surface area contributed by atoms with Gasteiger partial charge in [-0.1, -0.05) is 0 Å². The number of aromatic nitrogens is 2. The van der Waals surface area contributed by atoms with E-state index in [2.05, 4.69) is 4.98 Å². The zero-order valence-electron chi connectivity index (χ0n) is 11.6. The topological polar surface area (TPSA) is 95.7 Å². The zero-order chi connectivity index (χ0) is 15.2. The van der Waals surface area contributed by atoms with Crippen LogP contribution in [0.25, 0.3) is 0 Å². The van der Waals surface area contributed by atoms with Gasteiger partial charge in [0.2, 0.25) is 5.91 Å². The largest absolute Gasteiger partial charge is 0.481 e. The Balaban J connectivity index is 1.82. The van der Waals surface area contributed by atoms with Gasteiger partial charge in [0.05, 0.1) is 6.42 Å². The van der Waals surface area contributed by atoms with E-state index in [1.807, 2.05) is 4.90 Å². The quantitative estimate of drug-likeness (QED) is 0.737. The third-order valence-electron chi connectivity index (χ3n) is 3.46. The molecule has 0 bridgehead atoms. The minimum absolute atomic E-state index is 0.0121. The summed E-state index contributed by atoms with van der Waals surface area (Å²) in [6.07, 6.45) is 3.04. The van der Waals surface area contributed by atoms with Crippen LogP contribution in [0, 0.1) is 0 Å². The first-order valence-corrected chi connectivity index (χ1v) is 6.79. The van der Waals surface area contributed by atoms with E-state index in [9.17, 15) is 14.4 Å². The number of piperazine rings is 1. The first-order valence-electron chi connectivity index (χ1n) is 6.79. The van der Waals surface area contributed by atoms with Crippen LogP contribution in [0.2, 0.25) is 0 Å². The molecule has 114 valence electrons. The number of hydrogen-bond acceptors (Lipinski definition) is 5. The van der Waals surface area contributed by atoms with Gasteiger partial charge in [-0.2, -0.15) is 0 Å². The van der Waals surface area contributed by atoms with Crippen molar-refractivity contribution in [3.8, 4) is 0 Å². The van der Waals surface area contributed by atoms with Crippen LogP contribution in [0.5, 0.6) is 0 Å². The van der Waals surface area contributed by atoms with Gasteiger partial charge in [0.1, 0.15) is 6.54 Å². The molecule has 2 heterocycles. The summed E-state index contributed by atoms with van der Waals surface area (Å²) in [6, 6.07) is 1.61. The van der Waals surface area contributed by atoms with Crippen molar-refractivity contribution in [2.24, 2.45) is 0 Å². The number of carbonyl (C=O) groups is 2. The molecular weight excluding hydrogens is 276 g/mol. The van der Waals surface area contributed by atoms with Gasteiger partial charge in [-0.25, -0.2) is 9.78 Å². The molecule has 8 nitrogen and oxygen atoms in total. The van der Waals surface area contributed by atoms with Gasteiger partial charge < -0.3 is 10.0 Å². The molecule has 2 rings (SSSR count). The van der Waals surface area contributed by atoms with Crippen LogP contribution >= 0.6 is 0 Å². The fourth-order valence-electron chi connectivity index (χ4n) is 2.23. The van der Waals surface area contributed by atoms with Crippen molar-refractivity contribution in [3.63, 3.8) is 0 Å². The standard InChI is InChI=1S/C13H18N4O4/c18-11(10-17-4-1-3-14-13(17)21)16-8-6-15(7-9-16)5-2-12(19)20/h1,3-4H,2,5-10H2,(H,19,20). The highest BCUT2D eigenvalue weighted by atomic mass is 16.4. The lowest BCUT2D eigenvalue weighted by molar-refractivity contribution is -0.138. The van der Waals surface area contributed by atoms with E-state index < -0.39 is 11.7 Å². The minimum Gasteiger partial charge on any atom is -0.481 e. The van der Waals surface area contributed by atoms with E-state index in [0.717, 1.165) is 0 Å². The van der Waals surface area contributed by atoms with Crippen LogP contribution in [-0.2, 0) is 16.1 Å². The lowest BCUT2D eigenvalue weighted by atomic mass is 10.3. The predicted molar refractivity (Wildman–Crippen MR) is 73.8 cm³/mol. The minimum atomic E-state index is -0.815. The van der Waals surface area contributed by atoms with Crippen LogP contribution in [0.15, 0.2) is 23.3 Å². The van der Waals surface area contributed by atoms with Gasteiger partial charge in [0.15, 0.2) is 0 Å². The Morgan fingerprint density at radius 3 is 2.57 bits per heavy atom. The van der Waals surface area contributed by atoms with Crippen LogP contribution in [-0.4, -0.2) is 69.1 Å². The summed E-state index contributed by atoms with van der Waals surface area (Å²) in [5.41, 5.74) is -0.439. The van der Waals surface area contributed by atoms with Crippen LogP contribution in [0.3, 0.4) is 0 Å². The van der Waals surface area contributed by atoms with Crippen LogP contribution < -0.4 is 5.69 Å². The van der Waals surface area contributed by atoms with E-state index >= 15 is 0 Å². The smallest absolute Gasteiger partial charge is 0.347 e. The van der Waals surface area contributed by atoms with Gasteiger partial charge in [0.25, 0.3) is 0 Å². The predicted octanol–water partition coefficient (Wildman–Crippen LogP) is -1.14. The van der Waals surface area contributed by atoms with Crippen molar-refractivity contribution in [2.75, 3.05) is 32.7 Å². The number of carbonyl (C=O) groups excluding carboxylic acids is 1. The van der Waals surface area contributed by atoms with E-state index in [1.54, 1.807) is 11.0 Å². The highest BCUT2D eigenvalue weighted by molar-refractivity contribution is 5.76. The highest BCUT2D eigenvalue weighted by Gasteiger charge is 2.21. The molecule has 1 aliphatic rings. The third-order valence-corrected chi connectivity index (χ3v) is 3.46. The monoisotopic (exact) mass is 294 g/mol. The van der Waals surface area contributed by atoms with Gasteiger partial charge >= 0.3 is 11.7 Å². The van der Waals surface area contributed by atoms with Crippen molar-refractivity contribution < 1.29 is 14.7 Å². The van der Waals surface area contributed by atoms with Crippen molar-refractivity contribution in [1.29, 1.82) is 0 Å². The van der Waals surface area contributed by atoms with Gasteiger partial charge in [-0.15, -0.1) is 0 Å². The van der Waals surface area contributed by atoms with Gasteiger partial charge in [-0.3, -0.25) is 19.1 Å². The SMILES string of the molecule is O=C(O)CCN1CCN(C(=O)Cn2cccnc2=O)CC1. The Morgan fingerprint density at radius 1 is 1.24 bits per heavy atom. The second-order valence-electron chi connectivity index (χ2n) is 4.90. The molecule has 8 heteroatoms. The molecule has 0 atom stereocenters. The number of nitrogens with zero attached hydrogens (tertiary/aromatic N) is 4. The third kappa shape index (κ3) is 4.38. The summed E-state index contributed by atoms with van der Waals surface area (Å²) < 4.78 is 1.28. The zero-order valence-corrected chi connectivity index (χ0v) is 11.6. The van der Waals surface area contributed by atoms with Crippen molar-refractivity contribution in [2.45, 2.75) is 13.0 Å². The van der Waals surface area contributed by atoms with E-state index in [4.69, 9.17) is 5.11 Å². The fourth-order valence-corrected chi connectivity index (χ4v) is 2.23. The normalized spacial score (nSPS) is 15.9. The Hall–Kier alpha value is -2.22. The molecule has 1 saturated heterocycles. The van der Waals surface area contributed by atoms with Gasteiger partial charge in [-0.05, 0) is 6.07 Å². The first-order chi connectivity index (χ1) is 10.1. The summed E-state index contributed by atoms with van der Waals surface area (Å²) in [4.78, 5) is 41.4. The summed E-state index contributed by atoms with van der Waals surface area (Å²) in [5.74, 6) is -0.938. The molecule has 1 aliphatic heterocycles. The molecule has 1 amide bonds. The molecule has 0 saturated carbocycles. The molecule has 1 aromatic heterocycles. The van der Waals surface area contributed by atoms with Crippen molar-refractivity contribution in [1.82, 2.24) is 19.4 Å². The average Bonchev–Trinajstić information content (AvgIpc) is 2.48.